The number of amides is 3. The van der Waals surface area contributed by atoms with Gasteiger partial charge in [0.2, 0.25) is 17.7 Å². The van der Waals surface area contributed by atoms with Crippen molar-refractivity contribution in [2.75, 3.05) is 25.0 Å². The van der Waals surface area contributed by atoms with Crippen LogP contribution in [0.15, 0.2) is 24.3 Å². The standard InChI is InChI=1S/C14H18N4O3/c15-12(19)7-18(8-13(16)20)14(21)10-5-9-3-1-2-4-11(9)17-6-10/h1-4,10,17H,5-8H2,(H2,15,19)(H2,16,20). The minimum absolute atomic E-state index is 0.297. The highest BCUT2D eigenvalue weighted by Crippen LogP contribution is 2.25. The summed E-state index contributed by atoms with van der Waals surface area (Å²) in [6, 6.07) is 7.70. The molecule has 1 heterocycles. The van der Waals surface area contributed by atoms with Gasteiger partial charge in [0, 0.05) is 12.2 Å². The van der Waals surface area contributed by atoms with Gasteiger partial charge in [-0.3, -0.25) is 14.4 Å². The number of hydrogen-bond donors (Lipinski definition) is 3. The van der Waals surface area contributed by atoms with Crippen LogP contribution >= 0.6 is 0 Å². The van der Waals surface area contributed by atoms with Crippen LogP contribution < -0.4 is 16.8 Å². The van der Waals surface area contributed by atoms with E-state index in [0.717, 1.165) is 16.2 Å². The van der Waals surface area contributed by atoms with E-state index in [0.29, 0.717) is 13.0 Å². The van der Waals surface area contributed by atoms with Crippen molar-refractivity contribution in [3.63, 3.8) is 0 Å². The molecular formula is C14H18N4O3. The van der Waals surface area contributed by atoms with Gasteiger partial charge in [0.25, 0.3) is 0 Å². The average molecular weight is 290 g/mol. The molecule has 5 N–H and O–H groups in total. The smallest absolute Gasteiger partial charge is 0.237 e. The van der Waals surface area contributed by atoms with E-state index in [4.69, 9.17) is 11.5 Å². The number of benzene rings is 1. The van der Waals surface area contributed by atoms with Crippen molar-refractivity contribution >= 4 is 23.4 Å². The number of nitrogens with zero attached hydrogens (tertiary/aromatic N) is 1. The largest absolute Gasteiger partial charge is 0.384 e. The van der Waals surface area contributed by atoms with E-state index in [9.17, 15) is 14.4 Å². The fraction of sp³-hybridized carbons (Fsp3) is 0.357. The molecule has 1 aromatic carbocycles. The van der Waals surface area contributed by atoms with Gasteiger partial charge in [0.15, 0.2) is 0 Å². The highest BCUT2D eigenvalue weighted by Gasteiger charge is 2.29. The lowest BCUT2D eigenvalue weighted by molar-refractivity contribution is -0.141. The lowest BCUT2D eigenvalue weighted by atomic mass is 9.93. The van der Waals surface area contributed by atoms with Crippen LogP contribution in [0.3, 0.4) is 0 Å². The highest BCUT2D eigenvalue weighted by molar-refractivity contribution is 5.89. The van der Waals surface area contributed by atoms with Gasteiger partial charge in [-0.2, -0.15) is 0 Å². The fourth-order valence-corrected chi connectivity index (χ4v) is 2.46. The topological polar surface area (TPSA) is 119 Å². The Morgan fingerprint density at radius 2 is 1.76 bits per heavy atom. The molecule has 1 unspecified atom stereocenters. The van der Waals surface area contributed by atoms with E-state index in [2.05, 4.69) is 5.32 Å². The molecule has 1 aromatic rings. The second-order valence-corrected chi connectivity index (χ2v) is 5.07. The summed E-state index contributed by atoms with van der Waals surface area (Å²) in [5.41, 5.74) is 12.3. The number of fused-ring (bicyclic) bond motifs is 1. The highest BCUT2D eigenvalue weighted by atomic mass is 16.2. The molecule has 1 aliphatic heterocycles. The molecule has 0 radical (unpaired) electrons. The molecule has 1 atom stereocenters. The molecular weight excluding hydrogens is 272 g/mol. The Morgan fingerprint density at radius 1 is 1.14 bits per heavy atom. The zero-order valence-electron chi connectivity index (χ0n) is 11.5. The summed E-state index contributed by atoms with van der Waals surface area (Å²) in [7, 11) is 0. The van der Waals surface area contributed by atoms with Gasteiger partial charge < -0.3 is 21.7 Å². The Hall–Kier alpha value is -2.57. The lowest BCUT2D eigenvalue weighted by Gasteiger charge is -2.29. The Morgan fingerprint density at radius 3 is 2.38 bits per heavy atom. The van der Waals surface area contributed by atoms with Gasteiger partial charge in [-0.05, 0) is 18.1 Å². The van der Waals surface area contributed by atoms with Crippen molar-refractivity contribution in [1.29, 1.82) is 0 Å². The number of anilines is 1. The third-order valence-corrected chi connectivity index (χ3v) is 3.38. The maximum absolute atomic E-state index is 12.4. The van der Waals surface area contributed by atoms with E-state index in [1.165, 1.54) is 0 Å². The quantitative estimate of drug-likeness (QED) is 0.649. The first-order valence-electron chi connectivity index (χ1n) is 6.64. The van der Waals surface area contributed by atoms with Crippen LogP contribution in [0.5, 0.6) is 0 Å². The van der Waals surface area contributed by atoms with Crippen molar-refractivity contribution in [3.8, 4) is 0 Å². The van der Waals surface area contributed by atoms with Crippen molar-refractivity contribution < 1.29 is 14.4 Å². The van der Waals surface area contributed by atoms with Crippen LogP contribution in [0.25, 0.3) is 0 Å². The van der Waals surface area contributed by atoms with Gasteiger partial charge in [0.05, 0.1) is 19.0 Å². The van der Waals surface area contributed by atoms with E-state index in [1.807, 2.05) is 24.3 Å². The molecule has 2 rings (SSSR count). The van der Waals surface area contributed by atoms with Gasteiger partial charge in [-0.15, -0.1) is 0 Å². The van der Waals surface area contributed by atoms with Crippen molar-refractivity contribution in [1.82, 2.24) is 4.90 Å². The van der Waals surface area contributed by atoms with Gasteiger partial charge in [-0.25, -0.2) is 0 Å². The summed E-state index contributed by atoms with van der Waals surface area (Å²) in [5, 5.41) is 3.18. The molecule has 0 spiro atoms. The van der Waals surface area contributed by atoms with Gasteiger partial charge in [-0.1, -0.05) is 18.2 Å². The molecule has 0 saturated carbocycles. The van der Waals surface area contributed by atoms with E-state index >= 15 is 0 Å². The predicted molar refractivity (Wildman–Crippen MR) is 77.1 cm³/mol. The summed E-state index contributed by atoms with van der Waals surface area (Å²) < 4.78 is 0. The van der Waals surface area contributed by atoms with Crippen LogP contribution in [-0.4, -0.2) is 42.3 Å². The third kappa shape index (κ3) is 3.71. The number of nitrogens with two attached hydrogens (primary N) is 2. The summed E-state index contributed by atoms with van der Waals surface area (Å²) in [4.78, 5) is 35.6. The molecule has 3 amide bonds. The number of nitrogens with one attached hydrogen (secondary N) is 1. The lowest BCUT2D eigenvalue weighted by Crippen LogP contribution is -2.48. The molecule has 7 nitrogen and oxygen atoms in total. The van der Waals surface area contributed by atoms with Crippen molar-refractivity contribution in [2.24, 2.45) is 17.4 Å². The summed E-state index contributed by atoms with van der Waals surface area (Å²) in [6.45, 7) is -0.163. The second-order valence-electron chi connectivity index (χ2n) is 5.07. The Bertz CT molecular complexity index is 557. The number of hydrogen-bond acceptors (Lipinski definition) is 4. The Balaban J connectivity index is 2.11. The number of primary amides is 2. The fourth-order valence-electron chi connectivity index (χ4n) is 2.46. The minimum Gasteiger partial charge on any atom is -0.384 e. The Kier molecular flexibility index (Phi) is 4.42. The number of carbonyl (C=O) groups excluding carboxylic acids is 3. The predicted octanol–water partition coefficient (Wildman–Crippen LogP) is -0.930. The number of carbonyl (C=O) groups is 3. The monoisotopic (exact) mass is 290 g/mol. The van der Waals surface area contributed by atoms with Crippen LogP contribution in [0.1, 0.15) is 5.56 Å². The number of rotatable bonds is 5. The molecule has 1 aliphatic rings. The summed E-state index contributed by atoms with van der Waals surface area (Å²) >= 11 is 0. The normalized spacial score (nSPS) is 16.5. The van der Waals surface area contributed by atoms with Gasteiger partial charge >= 0.3 is 0 Å². The van der Waals surface area contributed by atoms with Crippen LogP contribution in [-0.2, 0) is 20.8 Å². The molecule has 0 saturated heterocycles. The van der Waals surface area contributed by atoms with Gasteiger partial charge in [0.1, 0.15) is 0 Å². The molecule has 112 valence electrons. The molecule has 0 bridgehead atoms. The average Bonchev–Trinajstić information content (AvgIpc) is 2.44. The zero-order valence-corrected chi connectivity index (χ0v) is 11.5. The molecule has 0 aliphatic carbocycles. The molecule has 0 fully saturated rings. The second kappa shape index (κ2) is 6.25. The van der Waals surface area contributed by atoms with E-state index < -0.39 is 11.8 Å². The maximum Gasteiger partial charge on any atom is 0.237 e. The first kappa shape index (κ1) is 14.8. The maximum atomic E-state index is 12.4. The SMILES string of the molecule is NC(=O)CN(CC(N)=O)C(=O)C1CNc2ccccc2C1. The van der Waals surface area contributed by atoms with E-state index in [1.54, 1.807) is 0 Å². The first-order valence-corrected chi connectivity index (χ1v) is 6.64. The molecule has 7 heteroatoms. The summed E-state index contributed by atoms with van der Waals surface area (Å²) in [6.07, 6.45) is 0.552. The first-order chi connectivity index (χ1) is 9.97. The summed E-state index contributed by atoms with van der Waals surface area (Å²) in [5.74, 6) is -1.99. The Labute approximate surface area is 122 Å². The third-order valence-electron chi connectivity index (χ3n) is 3.38. The minimum atomic E-state index is -0.672. The zero-order chi connectivity index (χ0) is 15.4. The van der Waals surface area contributed by atoms with Crippen molar-refractivity contribution in [3.05, 3.63) is 29.8 Å². The van der Waals surface area contributed by atoms with Crippen LogP contribution in [0.2, 0.25) is 0 Å². The van der Waals surface area contributed by atoms with Crippen LogP contribution in [0.4, 0.5) is 5.69 Å². The molecule has 0 aromatic heterocycles. The van der Waals surface area contributed by atoms with E-state index in [-0.39, 0.29) is 24.9 Å². The van der Waals surface area contributed by atoms with Crippen LogP contribution in [0, 0.1) is 5.92 Å². The number of para-hydroxylation sites is 1. The molecule has 21 heavy (non-hydrogen) atoms. The van der Waals surface area contributed by atoms with Crippen molar-refractivity contribution in [2.45, 2.75) is 6.42 Å².